The molecule has 1 aliphatic rings. The number of aryl methyl sites for hydroxylation is 1. The van der Waals surface area contributed by atoms with Crippen LogP contribution in [0.1, 0.15) is 36.9 Å². The van der Waals surface area contributed by atoms with E-state index in [9.17, 15) is 4.79 Å². The van der Waals surface area contributed by atoms with E-state index in [0.29, 0.717) is 12.6 Å². The number of hydrogen-bond acceptors (Lipinski definition) is 2. The summed E-state index contributed by atoms with van der Waals surface area (Å²) in [5, 5.41) is 4.18. The third kappa shape index (κ3) is 4.29. The Morgan fingerprint density at radius 2 is 2.29 bits per heavy atom. The average Bonchev–Trinajstić information content (AvgIpc) is 3.20. The fraction of sp³-hybridized carbons (Fsp3) is 0.526. The summed E-state index contributed by atoms with van der Waals surface area (Å²) < 4.78 is 5.62. The Morgan fingerprint density at radius 3 is 3.08 bits per heavy atom. The van der Waals surface area contributed by atoms with Crippen LogP contribution in [0.4, 0.5) is 4.79 Å². The second kappa shape index (κ2) is 7.71. The molecule has 2 N–H and O–H groups in total. The standard InChI is InChI=1S/C19H27N3O2/c1-14-11-16-12-15(7-8-18(16)21-14)13-20-19(23)22(2)9-3-5-17-6-4-10-24-17/h7-8,11-12,17,21H,3-6,9-10,13H2,1-2H3,(H,20,23)/t17-/m0/s1. The van der Waals surface area contributed by atoms with Gasteiger partial charge in [0.15, 0.2) is 0 Å². The summed E-state index contributed by atoms with van der Waals surface area (Å²) in [5.74, 6) is 0. The summed E-state index contributed by atoms with van der Waals surface area (Å²) >= 11 is 0. The minimum absolute atomic E-state index is 0.0207. The van der Waals surface area contributed by atoms with Gasteiger partial charge in [-0.2, -0.15) is 0 Å². The van der Waals surface area contributed by atoms with Crippen molar-refractivity contribution in [2.75, 3.05) is 20.2 Å². The van der Waals surface area contributed by atoms with Crippen molar-refractivity contribution in [3.63, 3.8) is 0 Å². The number of nitrogens with one attached hydrogen (secondary N) is 2. The van der Waals surface area contributed by atoms with Crippen LogP contribution in [0.2, 0.25) is 0 Å². The lowest BCUT2D eigenvalue weighted by Crippen LogP contribution is -2.37. The van der Waals surface area contributed by atoms with Gasteiger partial charge in [0.25, 0.3) is 0 Å². The predicted octanol–water partition coefficient (Wildman–Crippen LogP) is 3.58. The molecule has 0 unspecified atom stereocenters. The van der Waals surface area contributed by atoms with Crippen LogP contribution in [0.15, 0.2) is 24.3 Å². The Bertz CT molecular complexity index is 689. The molecule has 1 aromatic carbocycles. The number of nitrogens with zero attached hydrogens (tertiary/aromatic N) is 1. The Kier molecular flexibility index (Phi) is 5.41. The van der Waals surface area contributed by atoms with Gasteiger partial charge in [-0.3, -0.25) is 0 Å². The third-order valence-electron chi connectivity index (χ3n) is 4.65. The Hall–Kier alpha value is -2.01. The highest BCUT2D eigenvalue weighted by Crippen LogP contribution is 2.18. The normalized spacial score (nSPS) is 17.3. The van der Waals surface area contributed by atoms with Crippen LogP contribution in [0.5, 0.6) is 0 Å². The van der Waals surface area contributed by atoms with Crippen LogP contribution in [-0.2, 0) is 11.3 Å². The van der Waals surface area contributed by atoms with E-state index in [1.165, 1.54) is 11.8 Å². The van der Waals surface area contributed by atoms with Crippen molar-refractivity contribution in [2.24, 2.45) is 0 Å². The summed E-state index contributed by atoms with van der Waals surface area (Å²) in [7, 11) is 1.85. The number of amides is 2. The Morgan fingerprint density at radius 1 is 1.42 bits per heavy atom. The molecule has 0 saturated carbocycles. The zero-order valence-electron chi connectivity index (χ0n) is 14.6. The maximum absolute atomic E-state index is 12.2. The number of aromatic nitrogens is 1. The number of aromatic amines is 1. The van der Waals surface area contributed by atoms with Gasteiger partial charge in [0, 0.05) is 38.0 Å². The van der Waals surface area contributed by atoms with E-state index in [1.807, 2.05) is 14.0 Å². The lowest BCUT2D eigenvalue weighted by atomic mass is 10.1. The first-order valence-electron chi connectivity index (χ1n) is 8.80. The quantitative estimate of drug-likeness (QED) is 0.851. The van der Waals surface area contributed by atoms with E-state index < -0.39 is 0 Å². The van der Waals surface area contributed by atoms with Crippen LogP contribution in [0, 0.1) is 6.92 Å². The minimum atomic E-state index is -0.0207. The first-order valence-corrected chi connectivity index (χ1v) is 8.80. The molecule has 2 heterocycles. The lowest BCUT2D eigenvalue weighted by molar-refractivity contribution is 0.100. The molecular weight excluding hydrogens is 302 g/mol. The van der Waals surface area contributed by atoms with Crippen LogP contribution in [0.3, 0.4) is 0 Å². The number of ether oxygens (including phenoxy) is 1. The van der Waals surface area contributed by atoms with Gasteiger partial charge in [-0.1, -0.05) is 6.07 Å². The van der Waals surface area contributed by atoms with E-state index in [0.717, 1.165) is 49.2 Å². The zero-order chi connectivity index (χ0) is 16.9. The van der Waals surface area contributed by atoms with Gasteiger partial charge in [0.1, 0.15) is 0 Å². The zero-order valence-corrected chi connectivity index (χ0v) is 14.6. The van der Waals surface area contributed by atoms with Crippen molar-refractivity contribution < 1.29 is 9.53 Å². The summed E-state index contributed by atoms with van der Waals surface area (Å²) in [4.78, 5) is 17.3. The van der Waals surface area contributed by atoms with Gasteiger partial charge < -0.3 is 19.9 Å². The molecule has 1 saturated heterocycles. The highest BCUT2D eigenvalue weighted by Gasteiger charge is 2.16. The molecule has 24 heavy (non-hydrogen) atoms. The van der Waals surface area contributed by atoms with Crippen molar-refractivity contribution >= 4 is 16.9 Å². The predicted molar refractivity (Wildman–Crippen MR) is 96.1 cm³/mol. The van der Waals surface area contributed by atoms with Gasteiger partial charge in [-0.25, -0.2) is 4.79 Å². The second-order valence-electron chi connectivity index (χ2n) is 6.73. The number of fused-ring (bicyclic) bond motifs is 1. The number of carbonyl (C=O) groups excluding carboxylic acids is 1. The molecule has 2 amide bonds. The molecule has 5 nitrogen and oxygen atoms in total. The van der Waals surface area contributed by atoms with E-state index >= 15 is 0 Å². The number of H-pyrrole nitrogens is 1. The van der Waals surface area contributed by atoms with Crippen LogP contribution >= 0.6 is 0 Å². The number of carbonyl (C=O) groups is 1. The number of urea groups is 1. The third-order valence-corrected chi connectivity index (χ3v) is 4.65. The first-order chi connectivity index (χ1) is 11.6. The number of rotatable bonds is 6. The second-order valence-corrected chi connectivity index (χ2v) is 6.73. The molecule has 1 aromatic heterocycles. The van der Waals surface area contributed by atoms with E-state index in [2.05, 4.69) is 34.6 Å². The van der Waals surface area contributed by atoms with Crippen molar-refractivity contribution in [1.29, 1.82) is 0 Å². The molecule has 0 aliphatic carbocycles. The Labute approximate surface area is 143 Å². The van der Waals surface area contributed by atoms with Gasteiger partial charge in [0.05, 0.1) is 6.10 Å². The SMILES string of the molecule is Cc1cc2cc(CNC(=O)N(C)CCC[C@H]3CCCO3)ccc2[nH]1. The van der Waals surface area contributed by atoms with Crippen LogP contribution in [0.25, 0.3) is 10.9 Å². The molecule has 0 radical (unpaired) electrons. The van der Waals surface area contributed by atoms with Gasteiger partial charge in [0.2, 0.25) is 0 Å². The fourth-order valence-corrected chi connectivity index (χ4v) is 3.28. The smallest absolute Gasteiger partial charge is 0.317 e. The van der Waals surface area contributed by atoms with Crippen LogP contribution in [-0.4, -0.2) is 42.2 Å². The fourth-order valence-electron chi connectivity index (χ4n) is 3.28. The highest BCUT2D eigenvalue weighted by atomic mass is 16.5. The van der Waals surface area contributed by atoms with E-state index in [1.54, 1.807) is 4.90 Å². The van der Waals surface area contributed by atoms with Crippen LogP contribution < -0.4 is 5.32 Å². The largest absolute Gasteiger partial charge is 0.378 e. The average molecular weight is 329 g/mol. The molecule has 0 bridgehead atoms. The number of hydrogen-bond donors (Lipinski definition) is 2. The van der Waals surface area contributed by atoms with Gasteiger partial charge >= 0.3 is 6.03 Å². The van der Waals surface area contributed by atoms with Crippen molar-refractivity contribution in [1.82, 2.24) is 15.2 Å². The van der Waals surface area contributed by atoms with Crippen molar-refractivity contribution in [2.45, 2.75) is 45.3 Å². The minimum Gasteiger partial charge on any atom is -0.378 e. The molecule has 1 aliphatic heterocycles. The maximum Gasteiger partial charge on any atom is 0.317 e. The maximum atomic E-state index is 12.2. The highest BCUT2D eigenvalue weighted by molar-refractivity contribution is 5.81. The molecular formula is C19H27N3O2. The van der Waals surface area contributed by atoms with Crippen molar-refractivity contribution in [3.05, 3.63) is 35.5 Å². The van der Waals surface area contributed by atoms with E-state index in [4.69, 9.17) is 4.74 Å². The summed E-state index contributed by atoms with van der Waals surface area (Å²) in [6.45, 7) is 4.26. The first kappa shape index (κ1) is 16.8. The molecule has 2 aromatic rings. The molecule has 1 atom stereocenters. The molecule has 130 valence electrons. The summed E-state index contributed by atoms with van der Waals surface area (Å²) in [6, 6.07) is 8.34. The van der Waals surface area contributed by atoms with Gasteiger partial charge in [-0.05, 0) is 61.8 Å². The Balaban J connectivity index is 1.43. The molecule has 1 fully saturated rings. The molecule has 3 rings (SSSR count). The molecule has 5 heteroatoms. The van der Waals surface area contributed by atoms with E-state index in [-0.39, 0.29) is 6.03 Å². The van der Waals surface area contributed by atoms with Crippen molar-refractivity contribution in [3.8, 4) is 0 Å². The molecule has 0 spiro atoms. The monoisotopic (exact) mass is 329 g/mol. The summed E-state index contributed by atoms with van der Waals surface area (Å²) in [6.07, 6.45) is 4.77. The lowest BCUT2D eigenvalue weighted by Gasteiger charge is -2.19. The van der Waals surface area contributed by atoms with Gasteiger partial charge in [-0.15, -0.1) is 0 Å². The summed E-state index contributed by atoms with van der Waals surface area (Å²) in [5.41, 5.74) is 3.40. The number of benzene rings is 1. The topological polar surface area (TPSA) is 57.4 Å².